The molecule has 0 unspecified atom stereocenters. The van der Waals surface area contributed by atoms with Crippen LogP contribution in [0.1, 0.15) is 0 Å². The summed E-state index contributed by atoms with van der Waals surface area (Å²) in [4.78, 5) is 15.9. The van der Waals surface area contributed by atoms with E-state index in [9.17, 15) is 9.18 Å². The van der Waals surface area contributed by atoms with Crippen molar-refractivity contribution in [1.29, 1.82) is 0 Å². The molecule has 0 saturated carbocycles. The van der Waals surface area contributed by atoms with E-state index in [1.165, 1.54) is 12.1 Å². The fraction of sp³-hybridized carbons (Fsp3) is 0.105. The van der Waals surface area contributed by atoms with Crippen LogP contribution in [0.4, 0.5) is 4.39 Å². The van der Waals surface area contributed by atoms with E-state index < -0.39 is 0 Å². The number of halogens is 1. The third-order valence-corrected chi connectivity index (χ3v) is 3.42. The van der Waals surface area contributed by atoms with Crippen LogP contribution in [0.5, 0.6) is 5.75 Å². The molecule has 0 bridgehead atoms. The quantitative estimate of drug-likeness (QED) is 0.660. The van der Waals surface area contributed by atoms with Gasteiger partial charge in [-0.25, -0.2) is 4.39 Å². The minimum atomic E-state index is -0.338. The largest absolute Gasteiger partial charge is 0.484 e. The van der Waals surface area contributed by atoms with Crippen molar-refractivity contribution in [1.82, 2.24) is 15.5 Å². The van der Waals surface area contributed by atoms with Crippen molar-refractivity contribution in [2.75, 3.05) is 13.2 Å². The van der Waals surface area contributed by atoms with Crippen LogP contribution < -0.4 is 10.1 Å². The molecule has 0 saturated heterocycles. The fourth-order valence-corrected chi connectivity index (χ4v) is 2.16. The van der Waals surface area contributed by atoms with Crippen LogP contribution in [0.25, 0.3) is 22.8 Å². The Bertz CT molecular complexity index is 906. The summed E-state index contributed by atoms with van der Waals surface area (Å²) in [6.07, 6.45) is 1.59. The molecule has 6 nitrogen and oxygen atoms in total. The summed E-state index contributed by atoms with van der Waals surface area (Å²) in [6.45, 7) is 3.81. The first-order chi connectivity index (χ1) is 12.7. The average Bonchev–Trinajstić information content (AvgIpc) is 3.16. The number of hydrogen-bond donors (Lipinski definition) is 1. The summed E-state index contributed by atoms with van der Waals surface area (Å²) in [5, 5.41) is 6.56. The van der Waals surface area contributed by atoms with Crippen molar-refractivity contribution in [3.63, 3.8) is 0 Å². The van der Waals surface area contributed by atoms with Crippen LogP contribution in [0.2, 0.25) is 0 Å². The number of nitrogens with one attached hydrogen (secondary N) is 1. The van der Waals surface area contributed by atoms with Gasteiger partial charge in [0.2, 0.25) is 5.82 Å². The first-order valence-electron chi connectivity index (χ1n) is 7.86. The number of hydrogen-bond acceptors (Lipinski definition) is 5. The van der Waals surface area contributed by atoms with Crippen LogP contribution >= 0.6 is 0 Å². The van der Waals surface area contributed by atoms with Gasteiger partial charge in [0, 0.05) is 17.7 Å². The molecule has 7 heteroatoms. The Labute approximate surface area is 149 Å². The predicted octanol–water partition coefficient (Wildman–Crippen LogP) is 3.22. The van der Waals surface area contributed by atoms with E-state index in [0.717, 1.165) is 0 Å². The van der Waals surface area contributed by atoms with E-state index >= 15 is 0 Å². The number of aromatic nitrogens is 2. The van der Waals surface area contributed by atoms with Gasteiger partial charge < -0.3 is 14.6 Å². The zero-order valence-electron chi connectivity index (χ0n) is 13.8. The van der Waals surface area contributed by atoms with Gasteiger partial charge in [-0.1, -0.05) is 23.4 Å². The average molecular weight is 353 g/mol. The Hall–Kier alpha value is -3.48. The zero-order chi connectivity index (χ0) is 18.4. The highest BCUT2D eigenvalue weighted by Crippen LogP contribution is 2.25. The predicted molar refractivity (Wildman–Crippen MR) is 93.8 cm³/mol. The highest BCUT2D eigenvalue weighted by molar-refractivity contribution is 5.77. The standard InChI is InChI=1S/C19H16FN3O3/c1-2-10-21-17(24)12-25-16-5-3-4-14(11-16)18-22-19(26-23-18)13-6-8-15(20)9-7-13/h2-9,11H,1,10,12H2,(H,21,24). The number of amides is 1. The summed E-state index contributed by atoms with van der Waals surface area (Å²) >= 11 is 0. The number of carbonyl (C=O) groups excluding carboxylic acids is 1. The van der Waals surface area contributed by atoms with Crippen molar-refractivity contribution in [3.8, 4) is 28.6 Å². The number of ether oxygens (including phenoxy) is 1. The van der Waals surface area contributed by atoms with Crippen molar-refractivity contribution in [3.05, 3.63) is 67.0 Å². The maximum atomic E-state index is 13.0. The molecule has 132 valence electrons. The van der Waals surface area contributed by atoms with Crippen molar-refractivity contribution in [2.24, 2.45) is 0 Å². The van der Waals surface area contributed by atoms with Crippen molar-refractivity contribution < 1.29 is 18.4 Å². The van der Waals surface area contributed by atoms with Crippen LogP contribution in [0.15, 0.2) is 65.7 Å². The molecule has 1 heterocycles. The van der Waals surface area contributed by atoms with Gasteiger partial charge in [-0.15, -0.1) is 6.58 Å². The molecule has 26 heavy (non-hydrogen) atoms. The minimum absolute atomic E-state index is 0.107. The highest BCUT2D eigenvalue weighted by Gasteiger charge is 2.11. The molecular formula is C19H16FN3O3. The number of carbonyl (C=O) groups is 1. The van der Waals surface area contributed by atoms with Crippen LogP contribution in [0.3, 0.4) is 0 Å². The highest BCUT2D eigenvalue weighted by atomic mass is 19.1. The second kappa shape index (κ2) is 8.06. The molecular weight excluding hydrogens is 337 g/mol. The molecule has 3 rings (SSSR count). The zero-order valence-corrected chi connectivity index (χ0v) is 13.8. The maximum absolute atomic E-state index is 13.0. The first-order valence-corrected chi connectivity index (χ1v) is 7.86. The van der Waals surface area contributed by atoms with E-state index in [1.807, 2.05) is 0 Å². The molecule has 0 fully saturated rings. The number of rotatable bonds is 7. The molecule has 0 aliphatic rings. The smallest absolute Gasteiger partial charge is 0.258 e. The van der Waals surface area contributed by atoms with Crippen LogP contribution in [-0.2, 0) is 4.79 Å². The molecule has 1 N–H and O–H groups in total. The van der Waals surface area contributed by atoms with E-state index in [4.69, 9.17) is 9.26 Å². The van der Waals surface area contributed by atoms with Gasteiger partial charge in [0.25, 0.3) is 11.8 Å². The SMILES string of the molecule is C=CCNC(=O)COc1cccc(-c2noc(-c3ccc(F)cc3)n2)c1. The lowest BCUT2D eigenvalue weighted by atomic mass is 10.2. The third kappa shape index (κ3) is 4.32. The van der Waals surface area contributed by atoms with Gasteiger partial charge in [0.1, 0.15) is 11.6 Å². The molecule has 0 radical (unpaired) electrons. The van der Waals surface area contributed by atoms with Crippen LogP contribution in [-0.4, -0.2) is 29.2 Å². The lowest BCUT2D eigenvalue weighted by molar-refractivity contribution is -0.122. The Morgan fingerprint density at radius 3 is 2.81 bits per heavy atom. The molecule has 0 atom stereocenters. The number of nitrogens with zero attached hydrogens (tertiary/aromatic N) is 2. The van der Waals surface area contributed by atoms with Crippen molar-refractivity contribution >= 4 is 5.91 Å². The summed E-state index contributed by atoms with van der Waals surface area (Å²) in [5.41, 5.74) is 1.29. The van der Waals surface area contributed by atoms with Crippen molar-refractivity contribution in [2.45, 2.75) is 0 Å². The molecule has 1 aromatic heterocycles. The fourth-order valence-electron chi connectivity index (χ4n) is 2.16. The molecule has 1 amide bonds. The minimum Gasteiger partial charge on any atom is -0.484 e. The summed E-state index contributed by atoms with van der Waals surface area (Å²) in [7, 11) is 0. The van der Waals surface area contributed by atoms with Gasteiger partial charge in [-0.2, -0.15) is 4.98 Å². The second-order valence-electron chi connectivity index (χ2n) is 5.34. The van der Waals surface area contributed by atoms with E-state index in [-0.39, 0.29) is 24.2 Å². The number of benzene rings is 2. The Balaban J connectivity index is 1.71. The van der Waals surface area contributed by atoms with Gasteiger partial charge in [-0.3, -0.25) is 4.79 Å². The molecule has 0 aliphatic carbocycles. The lowest BCUT2D eigenvalue weighted by Crippen LogP contribution is -2.28. The topological polar surface area (TPSA) is 77.2 Å². The molecule has 2 aromatic carbocycles. The Kier molecular flexibility index (Phi) is 5.38. The Morgan fingerprint density at radius 1 is 1.23 bits per heavy atom. The van der Waals surface area contributed by atoms with E-state index in [0.29, 0.717) is 29.2 Å². The van der Waals surface area contributed by atoms with Crippen LogP contribution in [0, 0.1) is 5.82 Å². The summed E-state index contributed by atoms with van der Waals surface area (Å²) in [5.74, 6) is 0.578. The molecule has 0 spiro atoms. The molecule has 0 aliphatic heterocycles. The monoisotopic (exact) mass is 353 g/mol. The van der Waals surface area contributed by atoms with Gasteiger partial charge >= 0.3 is 0 Å². The normalized spacial score (nSPS) is 10.3. The Morgan fingerprint density at radius 2 is 2.04 bits per heavy atom. The van der Waals surface area contributed by atoms with Gasteiger partial charge in [0.05, 0.1) is 0 Å². The third-order valence-electron chi connectivity index (χ3n) is 3.42. The van der Waals surface area contributed by atoms with Gasteiger partial charge in [-0.05, 0) is 36.4 Å². The van der Waals surface area contributed by atoms with Gasteiger partial charge in [0.15, 0.2) is 6.61 Å². The maximum Gasteiger partial charge on any atom is 0.258 e. The van der Waals surface area contributed by atoms with E-state index in [2.05, 4.69) is 22.0 Å². The summed E-state index contributed by atoms with van der Waals surface area (Å²) < 4.78 is 23.7. The second-order valence-corrected chi connectivity index (χ2v) is 5.34. The summed E-state index contributed by atoms with van der Waals surface area (Å²) in [6, 6.07) is 12.8. The van der Waals surface area contributed by atoms with E-state index in [1.54, 1.807) is 42.5 Å². The lowest BCUT2D eigenvalue weighted by Gasteiger charge is -2.06. The molecule has 3 aromatic rings. The first kappa shape index (κ1) is 17.3.